The van der Waals surface area contributed by atoms with Crippen molar-refractivity contribution < 1.29 is 4.42 Å². The lowest BCUT2D eigenvalue weighted by atomic mass is 9.87. The van der Waals surface area contributed by atoms with E-state index in [1.54, 1.807) is 0 Å². The highest BCUT2D eigenvalue weighted by Gasteiger charge is 2.23. The Morgan fingerprint density at radius 2 is 0.778 bits per heavy atom. The number of rotatable bonds is 5. The number of furan rings is 1. The average molecular weight is 803 g/mol. The first-order valence-electron chi connectivity index (χ1n) is 21.2. The molecule has 0 aliphatic heterocycles. The van der Waals surface area contributed by atoms with E-state index in [2.05, 4.69) is 140 Å². The van der Waals surface area contributed by atoms with Crippen LogP contribution in [0.1, 0.15) is 0 Å². The number of benzene rings is 10. The molecule has 5 heteroatoms. The molecule has 292 valence electrons. The summed E-state index contributed by atoms with van der Waals surface area (Å²) in [6, 6.07) is 72.2. The quantitative estimate of drug-likeness (QED) is 0.162. The molecule has 0 aliphatic rings. The Labute approximate surface area is 361 Å². The maximum atomic E-state index is 6.79. The van der Waals surface area contributed by atoms with Gasteiger partial charge in [-0.3, -0.25) is 0 Å². The van der Waals surface area contributed by atoms with E-state index in [0.717, 1.165) is 82.7 Å². The summed E-state index contributed by atoms with van der Waals surface area (Å²) in [4.78, 5) is 20.6. The largest absolute Gasteiger partial charge is 0.456 e. The molecule has 0 saturated heterocycles. The Hall–Kier alpha value is -8.54. The van der Waals surface area contributed by atoms with E-state index in [1.807, 2.05) is 66.7 Å². The van der Waals surface area contributed by atoms with Gasteiger partial charge in [0.2, 0.25) is 0 Å². The fourth-order valence-electron chi connectivity index (χ4n) is 9.63. The molecule has 13 aromatic rings. The summed E-state index contributed by atoms with van der Waals surface area (Å²) < 4.78 is 6.79. The van der Waals surface area contributed by atoms with Gasteiger partial charge in [-0.05, 0) is 68.2 Å². The molecule has 0 radical (unpaired) electrons. The topological polar surface area (TPSA) is 64.7 Å². The van der Waals surface area contributed by atoms with Crippen LogP contribution in [0.3, 0.4) is 0 Å². The Kier molecular flexibility index (Phi) is 7.84. The molecule has 5 nitrogen and oxygen atoms in total. The Morgan fingerprint density at radius 1 is 0.270 bits per heavy atom. The van der Waals surface area contributed by atoms with Crippen LogP contribution in [0, 0.1) is 0 Å². The molecule has 63 heavy (non-hydrogen) atoms. The van der Waals surface area contributed by atoms with E-state index < -0.39 is 0 Å². The first kappa shape index (κ1) is 35.2. The van der Waals surface area contributed by atoms with Crippen molar-refractivity contribution in [1.82, 2.24) is 19.9 Å². The predicted molar refractivity (Wildman–Crippen MR) is 260 cm³/mol. The molecule has 0 bridgehead atoms. The third-order valence-electron chi connectivity index (χ3n) is 12.5. The summed E-state index contributed by atoms with van der Waals surface area (Å²) in [5.74, 6) is 1.82. The van der Waals surface area contributed by atoms with E-state index in [-0.39, 0.29) is 0 Å². The minimum Gasteiger partial charge on any atom is -0.456 e. The zero-order valence-electron chi connectivity index (χ0n) is 33.8. The summed E-state index contributed by atoms with van der Waals surface area (Å²) in [5.41, 5.74) is 9.33. The van der Waals surface area contributed by atoms with Gasteiger partial charge in [-0.15, -0.1) is 0 Å². The van der Waals surface area contributed by atoms with Crippen molar-refractivity contribution in [1.29, 1.82) is 0 Å². The molecule has 0 amide bonds. The molecule has 0 saturated carbocycles. The molecule has 0 atom stereocenters. The third kappa shape index (κ3) is 5.64. The lowest BCUT2D eigenvalue weighted by Crippen LogP contribution is -2.00. The second-order valence-corrected chi connectivity index (χ2v) is 16.1. The summed E-state index contributed by atoms with van der Waals surface area (Å²) in [5, 5.41) is 12.8. The zero-order chi connectivity index (χ0) is 41.4. The van der Waals surface area contributed by atoms with E-state index in [1.165, 1.54) is 32.3 Å². The lowest BCUT2D eigenvalue weighted by molar-refractivity contribution is 0.669. The maximum absolute atomic E-state index is 6.79. The van der Waals surface area contributed by atoms with Crippen molar-refractivity contribution in [2.24, 2.45) is 0 Å². The first-order chi connectivity index (χ1) is 31.2. The Morgan fingerprint density at radius 3 is 1.44 bits per heavy atom. The highest BCUT2D eigenvalue weighted by Crippen LogP contribution is 2.48. The summed E-state index contributed by atoms with van der Waals surface area (Å²) >= 11 is 0. The molecule has 0 unspecified atom stereocenters. The smallest absolute Gasteiger partial charge is 0.164 e. The van der Waals surface area contributed by atoms with Gasteiger partial charge >= 0.3 is 0 Å². The molecule has 0 fully saturated rings. The number of hydrogen-bond donors (Lipinski definition) is 0. The van der Waals surface area contributed by atoms with Gasteiger partial charge in [0.05, 0.1) is 11.2 Å². The highest BCUT2D eigenvalue weighted by atomic mass is 16.3. The third-order valence-corrected chi connectivity index (χ3v) is 12.5. The second kappa shape index (κ2) is 14.0. The van der Waals surface area contributed by atoms with Crippen molar-refractivity contribution in [2.45, 2.75) is 0 Å². The minimum absolute atomic E-state index is 0.589. The van der Waals surface area contributed by atoms with Gasteiger partial charge < -0.3 is 4.42 Å². The van der Waals surface area contributed by atoms with Crippen LogP contribution < -0.4 is 0 Å². The van der Waals surface area contributed by atoms with Crippen LogP contribution in [0.4, 0.5) is 0 Å². The molecule has 0 spiro atoms. The number of fused-ring (bicyclic) bond motifs is 12. The van der Waals surface area contributed by atoms with E-state index in [9.17, 15) is 0 Å². The molecule has 3 aromatic heterocycles. The molecule has 13 rings (SSSR count). The molecular formula is C58H34N4O. The van der Waals surface area contributed by atoms with Gasteiger partial charge in [0.1, 0.15) is 11.2 Å². The van der Waals surface area contributed by atoms with Gasteiger partial charge in [-0.1, -0.05) is 176 Å². The van der Waals surface area contributed by atoms with Gasteiger partial charge in [0.15, 0.2) is 17.5 Å². The second-order valence-electron chi connectivity index (χ2n) is 16.1. The van der Waals surface area contributed by atoms with Gasteiger partial charge in [0, 0.05) is 54.7 Å². The van der Waals surface area contributed by atoms with E-state index in [4.69, 9.17) is 24.4 Å². The van der Waals surface area contributed by atoms with Crippen LogP contribution in [0.25, 0.3) is 132 Å². The molecule has 0 N–H and O–H groups in total. The van der Waals surface area contributed by atoms with Crippen LogP contribution in [0.5, 0.6) is 0 Å². The van der Waals surface area contributed by atoms with Crippen molar-refractivity contribution in [2.75, 3.05) is 0 Å². The summed E-state index contributed by atoms with van der Waals surface area (Å²) in [6.07, 6.45) is 0. The molecular weight excluding hydrogens is 769 g/mol. The molecule has 0 aliphatic carbocycles. The standard InChI is InChI=1S/C58H34N4O/c1-3-16-35(17-4-1)56-60-57(36-18-5-2-6-19-36)62-58(61-56)39-21-15-20-38(32-39)55-48-34-51-54(46-27-12-14-29-50(46)63-51)52(53(48)45-26-11-13-28-49(45)59-55)37-30-31-44-42-24-8-7-22-40(42)41-23-9-10-25-43(41)47(44)33-37/h1-34H. The molecule has 10 aromatic carbocycles. The van der Waals surface area contributed by atoms with Crippen molar-refractivity contribution in [3.05, 3.63) is 206 Å². The predicted octanol–water partition coefficient (Wildman–Crippen LogP) is 15.3. The van der Waals surface area contributed by atoms with Crippen molar-refractivity contribution in [3.8, 4) is 56.5 Å². The van der Waals surface area contributed by atoms with Gasteiger partial charge in [0.25, 0.3) is 0 Å². The average Bonchev–Trinajstić information content (AvgIpc) is 3.74. The zero-order valence-corrected chi connectivity index (χ0v) is 33.8. The first-order valence-corrected chi connectivity index (χ1v) is 21.2. The SMILES string of the molecule is c1ccc(-c2nc(-c3ccccc3)nc(-c3cccc(-c4nc5ccccc5c5c(-c6ccc7c8ccccc8c8ccccc8c7c6)c6c(cc45)oc4ccccc46)c3)n2)cc1. The fourth-order valence-corrected chi connectivity index (χ4v) is 9.63. The number of aromatic nitrogens is 4. The van der Waals surface area contributed by atoms with Crippen LogP contribution >= 0.6 is 0 Å². The number of hydrogen-bond acceptors (Lipinski definition) is 5. The van der Waals surface area contributed by atoms with Crippen LogP contribution in [-0.4, -0.2) is 19.9 Å². The van der Waals surface area contributed by atoms with Crippen LogP contribution in [-0.2, 0) is 0 Å². The van der Waals surface area contributed by atoms with Gasteiger partial charge in [-0.2, -0.15) is 0 Å². The number of para-hydroxylation sites is 2. The van der Waals surface area contributed by atoms with E-state index >= 15 is 0 Å². The van der Waals surface area contributed by atoms with Gasteiger partial charge in [-0.25, -0.2) is 19.9 Å². The maximum Gasteiger partial charge on any atom is 0.164 e. The monoisotopic (exact) mass is 802 g/mol. The summed E-state index contributed by atoms with van der Waals surface area (Å²) in [6.45, 7) is 0. The fraction of sp³-hybridized carbons (Fsp3) is 0. The minimum atomic E-state index is 0.589. The van der Waals surface area contributed by atoms with E-state index in [0.29, 0.717) is 17.5 Å². The normalized spacial score (nSPS) is 11.8. The van der Waals surface area contributed by atoms with Crippen molar-refractivity contribution in [3.63, 3.8) is 0 Å². The Bertz CT molecular complexity index is 3880. The highest BCUT2D eigenvalue weighted by molar-refractivity contribution is 6.30. The summed E-state index contributed by atoms with van der Waals surface area (Å²) in [7, 11) is 0. The van der Waals surface area contributed by atoms with Crippen molar-refractivity contribution >= 4 is 75.9 Å². The number of pyridine rings is 1. The molecule has 3 heterocycles. The lowest BCUT2D eigenvalue weighted by Gasteiger charge is -2.17. The van der Waals surface area contributed by atoms with Crippen LogP contribution in [0.2, 0.25) is 0 Å². The Balaban J connectivity index is 1.10. The van der Waals surface area contributed by atoms with Crippen LogP contribution in [0.15, 0.2) is 211 Å². The number of nitrogens with zero attached hydrogens (tertiary/aromatic N) is 4.